The Balaban J connectivity index is 0.747. The van der Waals surface area contributed by atoms with Gasteiger partial charge in [0.25, 0.3) is 0 Å². The molecule has 12 aliphatic heterocycles. The molecule has 0 amide bonds. The Morgan fingerprint density at radius 1 is 0.539 bits per heavy atom. The van der Waals surface area contributed by atoms with Gasteiger partial charge in [-0.15, -0.1) is 0 Å². The van der Waals surface area contributed by atoms with E-state index in [9.17, 15) is 35.1 Å². The van der Waals surface area contributed by atoms with Gasteiger partial charge < -0.3 is 82.4 Å². The number of carbonyl (C=O) groups excluding carboxylic acids is 2. The van der Waals surface area contributed by atoms with E-state index in [2.05, 4.69) is 20.1 Å². The number of fused-ring (bicyclic) bond motifs is 11. The lowest BCUT2D eigenvalue weighted by Gasteiger charge is -2.54. The van der Waals surface area contributed by atoms with Gasteiger partial charge in [-0.05, 0) is 74.3 Å². The highest BCUT2D eigenvalue weighted by atomic mass is 16.7. The molecule has 0 aliphatic carbocycles. The molecule has 2 spiro atoms. The standard InChI is InChI=1S/C57H84O19/c1-26-14-32-6-8-39-27(2)15-34(65-39)10-12-57-24-38(63)54(76-57)46-22-48(75-57)55-40(68-46)9-7-33(67-55)18-50(64)72-53-30(5)52-44(69-45(53)21-41(66-32)29(26)4)19-36(61)42(70-52)16-31(59)17-43-35(60)11-13-56(73-43)23-28(3)51-47(74-56)20-37(62)49(25-58)71-51/h26,28,30,32-49,51-55,58,60-63H,2,4,6-25H2,1,3,5H3/t26-,28+,30+,32+,33-,34+,35+,36-,37-,38-,39+,40+,41-,42-,43+,44+,45+,46-,47+,48?,49-,51+,52+,53-,54?,55+,56-,57-/m1/s1. The largest absolute Gasteiger partial charge is 0.459 e. The van der Waals surface area contributed by atoms with E-state index < -0.39 is 121 Å². The van der Waals surface area contributed by atoms with Crippen molar-refractivity contribution in [2.75, 3.05) is 6.61 Å². The van der Waals surface area contributed by atoms with Crippen molar-refractivity contribution < 1.29 is 92.0 Å². The van der Waals surface area contributed by atoms with Crippen LogP contribution in [0.15, 0.2) is 24.3 Å². The van der Waals surface area contributed by atoms with Crippen LogP contribution in [0.2, 0.25) is 0 Å². The number of hydrogen-bond acceptors (Lipinski definition) is 19. The Labute approximate surface area is 445 Å². The molecule has 426 valence electrons. The Morgan fingerprint density at radius 3 is 2.01 bits per heavy atom. The van der Waals surface area contributed by atoms with E-state index in [-0.39, 0.29) is 99.1 Å². The number of ketones is 1. The molecule has 12 rings (SSSR count). The summed E-state index contributed by atoms with van der Waals surface area (Å²) in [5, 5.41) is 54.6. The maximum Gasteiger partial charge on any atom is 0.308 e. The lowest BCUT2D eigenvalue weighted by Crippen LogP contribution is -2.62. The molecule has 28 atom stereocenters. The number of aliphatic hydroxyl groups excluding tert-OH is 5. The van der Waals surface area contributed by atoms with Gasteiger partial charge in [-0.25, -0.2) is 0 Å². The van der Waals surface area contributed by atoms with E-state index in [0.717, 1.165) is 36.8 Å². The number of carbonyl (C=O) groups is 2. The highest BCUT2D eigenvalue weighted by Crippen LogP contribution is 2.51. The van der Waals surface area contributed by atoms with Crippen molar-refractivity contribution >= 4 is 11.8 Å². The summed E-state index contributed by atoms with van der Waals surface area (Å²) < 4.78 is 79.8. The lowest BCUT2D eigenvalue weighted by molar-refractivity contribution is -0.369. The number of aliphatic hydroxyl groups is 5. The van der Waals surface area contributed by atoms with Crippen LogP contribution in [0.3, 0.4) is 0 Å². The molecule has 0 radical (unpaired) electrons. The fourth-order valence-corrected chi connectivity index (χ4v) is 15.8. The van der Waals surface area contributed by atoms with Gasteiger partial charge >= 0.3 is 5.97 Å². The van der Waals surface area contributed by atoms with Gasteiger partial charge in [-0.1, -0.05) is 33.9 Å². The van der Waals surface area contributed by atoms with Crippen molar-refractivity contribution in [2.45, 2.75) is 295 Å². The number of esters is 1. The second kappa shape index (κ2) is 21.7. The number of ether oxygens (including phenoxy) is 12. The minimum atomic E-state index is -1.08. The van der Waals surface area contributed by atoms with Gasteiger partial charge in [-0.3, -0.25) is 9.59 Å². The van der Waals surface area contributed by atoms with Crippen LogP contribution in [0.4, 0.5) is 0 Å². The molecule has 19 nitrogen and oxygen atoms in total. The first-order valence-corrected chi connectivity index (χ1v) is 29.1. The van der Waals surface area contributed by atoms with Gasteiger partial charge in [0.05, 0.1) is 129 Å². The van der Waals surface area contributed by atoms with Crippen molar-refractivity contribution in [1.82, 2.24) is 0 Å². The lowest BCUT2D eigenvalue weighted by atomic mass is 9.79. The summed E-state index contributed by atoms with van der Waals surface area (Å²) in [5.41, 5.74) is 2.01. The fraction of sp³-hybridized carbons (Fsp3) is 0.895. The molecule has 19 heteroatoms. The maximum absolute atomic E-state index is 14.4. The van der Waals surface area contributed by atoms with Gasteiger partial charge in [0.15, 0.2) is 11.6 Å². The third kappa shape index (κ3) is 10.7. The fourth-order valence-electron chi connectivity index (χ4n) is 15.8. The molecule has 0 aromatic carbocycles. The average Bonchev–Trinajstić information content (AvgIpc) is 3.89. The van der Waals surface area contributed by atoms with E-state index in [1.807, 2.05) is 13.8 Å². The van der Waals surface area contributed by atoms with Crippen molar-refractivity contribution in [1.29, 1.82) is 0 Å². The number of rotatable bonds is 5. The van der Waals surface area contributed by atoms with Crippen LogP contribution in [0, 0.1) is 17.8 Å². The molecule has 12 saturated heterocycles. The van der Waals surface area contributed by atoms with Gasteiger partial charge in [0.2, 0.25) is 0 Å². The maximum atomic E-state index is 14.4. The molecule has 0 saturated carbocycles. The van der Waals surface area contributed by atoms with Crippen molar-refractivity contribution in [3.05, 3.63) is 24.3 Å². The first kappa shape index (κ1) is 54.6. The summed E-state index contributed by atoms with van der Waals surface area (Å²) in [5.74, 6) is -3.13. The van der Waals surface area contributed by atoms with Gasteiger partial charge in [0.1, 0.15) is 30.2 Å². The molecule has 5 N–H and O–H groups in total. The third-order valence-corrected chi connectivity index (χ3v) is 19.8. The third-order valence-electron chi connectivity index (χ3n) is 19.8. The molecule has 0 aromatic rings. The molecular weight excluding hydrogens is 989 g/mol. The van der Waals surface area contributed by atoms with Crippen LogP contribution in [0.5, 0.6) is 0 Å². The highest BCUT2D eigenvalue weighted by Gasteiger charge is 2.61. The first-order chi connectivity index (χ1) is 36.4. The highest BCUT2D eigenvalue weighted by molar-refractivity contribution is 5.79. The normalized spacial score (nSPS) is 53.6. The van der Waals surface area contributed by atoms with Crippen LogP contribution in [-0.4, -0.2) is 196 Å². The van der Waals surface area contributed by atoms with E-state index >= 15 is 0 Å². The molecule has 2 unspecified atom stereocenters. The summed E-state index contributed by atoms with van der Waals surface area (Å²) >= 11 is 0. The predicted molar refractivity (Wildman–Crippen MR) is 265 cm³/mol. The average molecular weight is 1070 g/mol. The SMILES string of the molecule is C=C1C[C@@H]2CC[C@]34C[C@@H](O)C(O3)[C@H]3CC(O4)[C@H]4O[C@H](CC[C@@H]4O3)CC(=O)O[C@@H]3[C@@H](C)[C@@H]4O[C@H](CC(=O)C[C@@H]5O[C@@]6(CC[C@@H]5O)C[C@H](C)[C@@H]5O[C@H](CO)[C@H](O)C[C@@H]5O6)[C@H](O)C[C@@H]4O[C@H]3C[C@H]3O[C@@H](CC[C@@H]1O2)C[C@@H](C)C3=C. The minimum Gasteiger partial charge on any atom is -0.459 e. The van der Waals surface area contributed by atoms with Gasteiger partial charge in [0, 0.05) is 70.1 Å². The summed E-state index contributed by atoms with van der Waals surface area (Å²) in [6.45, 7) is 14.8. The number of hydrogen-bond donors (Lipinski definition) is 5. The zero-order valence-electron chi connectivity index (χ0n) is 44.5. The van der Waals surface area contributed by atoms with E-state index in [0.29, 0.717) is 64.2 Å². The minimum absolute atomic E-state index is 0.0135. The van der Waals surface area contributed by atoms with Crippen molar-refractivity contribution in [3.8, 4) is 0 Å². The summed E-state index contributed by atoms with van der Waals surface area (Å²) in [6, 6.07) is 0. The van der Waals surface area contributed by atoms with Gasteiger partial charge in [-0.2, -0.15) is 0 Å². The summed E-state index contributed by atoms with van der Waals surface area (Å²) in [7, 11) is 0. The van der Waals surface area contributed by atoms with Crippen LogP contribution >= 0.6 is 0 Å². The molecule has 12 fully saturated rings. The van der Waals surface area contributed by atoms with E-state index in [1.165, 1.54) is 0 Å². The molecule has 12 aliphatic rings. The molecule has 10 bridgehead atoms. The van der Waals surface area contributed by atoms with Crippen molar-refractivity contribution in [2.24, 2.45) is 17.8 Å². The van der Waals surface area contributed by atoms with E-state index in [4.69, 9.17) is 56.8 Å². The predicted octanol–water partition coefficient (Wildman–Crippen LogP) is 3.71. The topological polar surface area (TPSA) is 246 Å². The Morgan fingerprint density at radius 2 is 1.20 bits per heavy atom. The smallest absolute Gasteiger partial charge is 0.308 e. The van der Waals surface area contributed by atoms with Crippen LogP contribution in [0.1, 0.15) is 143 Å². The Hall–Kier alpha value is -2.02. The monoisotopic (exact) mass is 1070 g/mol. The second-order valence-corrected chi connectivity index (χ2v) is 25.3. The first-order valence-electron chi connectivity index (χ1n) is 29.1. The van der Waals surface area contributed by atoms with Crippen molar-refractivity contribution in [3.63, 3.8) is 0 Å². The number of Topliss-reactive ketones (excluding diaryl/α,β-unsaturated/α-hetero) is 1. The molecule has 0 aromatic heterocycles. The Bertz CT molecular complexity index is 2150. The molecule has 76 heavy (non-hydrogen) atoms. The molecular formula is C57H84O19. The molecule has 12 heterocycles. The zero-order valence-corrected chi connectivity index (χ0v) is 44.5. The van der Waals surface area contributed by atoms with E-state index in [1.54, 1.807) is 0 Å². The summed E-state index contributed by atoms with van der Waals surface area (Å²) in [4.78, 5) is 28.5. The Kier molecular flexibility index (Phi) is 15.6. The van der Waals surface area contributed by atoms with Crippen LogP contribution in [0.25, 0.3) is 0 Å². The quantitative estimate of drug-likeness (QED) is 0.195. The zero-order chi connectivity index (χ0) is 52.9. The van der Waals surface area contributed by atoms with Crippen LogP contribution in [-0.2, 0) is 66.4 Å². The second-order valence-electron chi connectivity index (χ2n) is 25.3. The summed E-state index contributed by atoms with van der Waals surface area (Å²) in [6.07, 6.45) is -4.69. The van der Waals surface area contributed by atoms with Crippen LogP contribution < -0.4 is 0 Å².